The van der Waals surface area contributed by atoms with Gasteiger partial charge in [-0.1, -0.05) is 76.8 Å². The van der Waals surface area contributed by atoms with Crippen molar-refractivity contribution in [2.24, 2.45) is 29.1 Å². The molecule has 170 valence electrons. The summed E-state index contributed by atoms with van der Waals surface area (Å²) in [5.74, 6) is 1.68. The van der Waals surface area contributed by atoms with Crippen LogP contribution in [0.4, 0.5) is 0 Å². The molecule has 3 aliphatic rings. The van der Waals surface area contributed by atoms with Crippen LogP contribution < -0.4 is 0 Å². The van der Waals surface area contributed by atoms with Crippen LogP contribution in [0.5, 0.6) is 0 Å². The molecule has 0 aromatic carbocycles. The van der Waals surface area contributed by atoms with E-state index >= 15 is 0 Å². The zero-order chi connectivity index (χ0) is 21.9. The molecule has 0 bridgehead atoms. The maximum Gasteiger partial charge on any atom is 0.203 e. The first-order chi connectivity index (χ1) is 14.2. The molecule has 0 aromatic heterocycles. The summed E-state index contributed by atoms with van der Waals surface area (Å²) in [5.41, 5.74) is 4.07. The molecule has 0 amide bonds. The van der Waals surface area contributed by atoms with Crippen molar-refractivity contribution in [2.75, 3.05) is 0 Å². The molecule has 1 unspecified atom stereocenters. The van der Waals surface area contributed by atoms with Gasteiger partial charge in [-0.3, -0.25) is 0 Å². The van der Waals surface area contributed by atoms with Gasteiger partial charge in [-0.25, -0.2) is 10.1 Å². The first kappa shape index (κ1) is 23.8. The van der Waals surface area contributed by atoms with Crippen molar-refractivity contribution >= 4 is 0 Å². The first-order valence-corrected chi connectivity index (χ1v) is 12.3. The molecule has 0 radical (unpaired) electrons. The maximum absolute atomic E-state index is 10.3. The highest BCUT2D eigenvalue weighted by Crippen LogP contribution is 2.60. The summed E-state index contributed by atoms with van der Waals surface area (Å²) in [7, 11) is 0. The Morgan fingerprint density at radius 1 is 1.13 bits per heavy atom. The van der Waals surface area contributed by atoms with E-state index in [-0.39, 0.29) is 0 Å². The van der Waals surface area contributed by atoms with Gasteiger partial charge in [-0.2, -0.15) is 0 Å². The highest BCUT2D eigenvalue weighted by atomic mass is 17.1. The Kier molecular flexibility index (Phi) is 7.69. The fourth-order valence-electron chi connectivity index (χ4n) is 6.74. The molecular formula is C27H44O3. The van der Waals surface area contributed by atoms with Gasteiger partial charge in [0.2, 0.25) is 5.79 Å². The van der Waals surface area contributed by atoms with Crippen molar-refractivity contribution in [2.45, 2.75) is 104 Å². The van der Waals surface area contributed by atoms with Gasteiger partial charge in [0, 0.05) is 12.8 Å². The predicted molar refractivity (Wildman–Crippen MR) is 124 cm³/mol. The molecule has 3 fully saturated rings. The molecule has 0 saturated heterocycles. The number of fused-ring (bicyclic) bond motifs is 1. The Labute approximate surface area is 184 Å². The van der Waals surface area contributed by atoms with Crippen molar-refractivity contribution < 1.29 is 15.3 Å². The number of aliphatic hydroxyl groups is 1. The summed E-state index contributed by atoms with van der Waals surface area (Å²) in [6.45, 7) is 13.9. The van der Waals surface area contributed by atoms with Gasteiger partial charge in [0.15, 0.2) is 0 Å². The lowest BCUT2D eigenvalue weighted by Crippen LogP contribution is -2.36. The molecule has 2 N–H and O–H groups in total. The third kappa shape index (κ3) is 5.11. The maximum atomic E-state index is 10.3. The fourth-order valence-corrected chi connectivity index (χ4v) is 6.74. The third-order valence-electron chi connectivity index (χ3n) is 8.57. The summed E-state index contributed by atoms with van der Waals surface area (Å²) in [4.78, 5) is 4.37. The molecule has 0 aromatic rings. The largest absolute Gasteiger partial charge is 0.363 e. The molecule has 0 aliphatic heterocycles. The van der Waals surface area contributed by atoms with E-state index in [1.54, 1.807) is 5.57 Å². The second-order valence-corrected chi connectivity index (χ2v) is 11.1. The van der Waals surface area contributed by atoms with Gasteiger partial charge in [-0.15, -0.1) is 0 Å². The molecule has 3 heteroatoms. The molecule has 5 atom stereocenters. The predicted octanol–water partition coefficient (Wildman–Crippen LogP) is 7.44. The summed E-state index contributed by atoms with van der Waals surface area (Å²) >= 11 is 0. The van der Waals surface area contributed by atoms with E-state index in [0.717, 1.165) is 28.9 Å². The Morgan fingerprint density at radius 2 is 1.90 bits per heavy atom. The zero-order valence-electron chi connectivity index (χ0n) is 19.8. The average Bonchev–Trinajstić information content (AvgIpc) is 3.06. The standard InChI is InChI=1S/C27H44O3/c1-19(2)8-6-9-21(4)24-13-14-25-22(10-7-16-26(24,25)5)11-12-23-18-27(28,30-29)17-15-20(23)3/h11-12,19,21,24-25,28-29H,3,6-10,13-18H2,1-2,4-5H3/b22-11?,23-12-/t21-,24-,25?,26-,27+/m1/s1. The van der Waals surface area contributed by atoms with Gasteiger partial charge in [0.1, 0.15) is 0 Å². The Hall–Kier alpha value is -0.900. The minimum atomic E-state index is -1.46. The summed E-state index contributed by atoms with van der Waals surface area (Å²) in [5, 5.41) is 19.4. The van der Waals surface area contributed by atoms with Crippen LogP contribution in [-0.4, -0.2) is 16.2 Å². The first-order valence-electron chi connectivity index (χ1n) is 12.3. The summed E-state index contributed by atoms with van der Waals surface area (Å²) < 4.78 is 0. The summed E-state index contributed by atoms with van der Waals surface area (Å²) in [6.07, 6.45) is 16.4. The van der Waals surface area contributed by atoms with Crippen molar-refractivity contribution in [1.29, 1.82) is 0 Å². The van der Waals surface area contributed by atoms with Crippen LogP contribution in [0.1, 0.15) is 98.3 Å². The van der Waals surface area contributed by atoms with Crippen molar-refractivity contribution in [3.05, 3.63) is 35.5 Å². The lowest BCUT2D eigenvalue weighted by Gasteiger charge is -2.44. The van der Waals surface area contributed by atoms with Crippen molar-refractivity contribution in [3.8, 4) is 0 Å². The summed E-state index contributed by atoms with van der Waals surface area (Å²) in [6, 6.07) is 0. The van der Waals surface area contributed by atoms with Gasteiger partial charge in [0.05, 0.1) is 0 Å². The fraction of sp³-hybridized carbons (Fsp3) is 0.778. The van der Waals surface area contributed by atoms with E-state index in [0.29, 0.717) is 30.6 Å². The highest BCUT2D eigenvalue weighted by molar-refractivity contribution is 5.37. The van der Waals surface area contributed by atoms with Crippen LogP contribution >= 0.6 is 0 Å². The molecule has 3 aliphatic carbocycles. The second-order valence-electron chi connectivity index (χ2n) is 11.1. The van der Waals surface area contributed by atoms with Gasteiger partial charge < -0.3 is 5.11 Å². The minimum absolute atomic E-state index is 0.309. The van der Waals surface area contributed by atoms with Crippen LogP contribution in [0, 0.1) is 29.1 Å². The van der Waals surface area contributed by atoms with Gasteiger partial charge in [-0.05, 0) is 73.2 Å². The Morgan fingerprint density at radius 3 is 2.60 bits per heavy atom. The molecule has 0 spiro atoms. The second kappa shape index (κ2) is 9.71. The minimum Gasteiger partial charge on any atom is -0.363 e. The van der Waals surface area contributed by atoms with Crippen LogP contribution in [0.15, 0.2) is 35.5 Å². The molecule has 30 heavy (non-hydrogen) atoms. The highest BCUT2D eigenvalue weighted by Gasteiger charge is 2.50. The lowest BCUT2D eigenvalue weighted by molar-refractivity contribution is -0.394. The number of hydrogen-bond acceptors (Lipinski definition) is 3. The van der Waals surface area contributed by atoms with Gasteiger partial charge in [0.25, 0.3) is 0 Å². The zero-order valence-corrected chi connectivity index (χ0v) is 19.8. The van der Waals surface area contributed by atoms with Crippen molar-refractivity contribution in [1.82, 2.24) is 0 Å². The van der Waals surface area contributed by atoms with E-state index in [1.807, 2.05) is 0 Å². The number of allylic oxidation sites excluding steroid dienone is 4. The molecular weight excluding hydrogens is 372 g/mol. The van der Waals surface area contributed by atoms with Crippen LogP contribution in [0.25, 0.3) is 0 Å². The monoisotopic (exact) mass is 416 g/mol. The van der Waals surface area contributed by atoms with Gasteiger partial charge >= 0.3 is 0 Å². The smallest absolute Gasteiger partial charge is 0.203 e. The average molecular weight is 417 g/mol. The normalized spacial score (nSPS) is 38.4. The molecule has 3 saturated carbocycles. The lowest BCUT2D eigenvalue weighted by atomic mass is 9.60. The van der Waals surface area contributed by atoms with Crippen LogP contribution in [0.3, 0.4) is 0 Å². The number of hydrogen-bond donors (Lipinski definition) is 2. The third-order valence-corrected chi connectivity index (χ3v) is 8.57. The van der Waals surface area contributed by atoms with E-state index in [9.17, 15) is 5.11 Å². The SMILES string of the molecule is C=C1CC[C@](O)(OO)C/C1=C/C=C1CCC[C@@]2(C)C1CC[C@@H]2[C@H](C)CCCC(C)C. The molecule has 3 nitrogen and oxygen atoms in total. The number of rotatable bonds is 7. The van der Waals surface area contributed by atoms with E-state index in [4.69, 9.17) is 5.26 Å². The van der Waals surface area contributed by atoms with Crippen LogP contribution in [0.2, 0.25) is 0 Å². The molecule has 0 heterocycles. The van der Waals surface area contributed by atoms with E-state index in [1.165, 1.54) is 51.4 Å². The van der Waals surface area contributed by atoms with E-state index in [2.05, 4.69) is 51.3 Å². The Bertz CT molecular complexity index is 676. The Balaban J connectivity index is 1.72. The molecule has 3 rings (SSSR count). The topological polar surface area (TPSA) is 49.7 Å². The van der Waals surface area contributed by atoms with E-state index < -0.39 is 5.79 Å². The van der Waals surface area contributed by atoms with Crippen LogP contribution in [-0.2, 0) is 4.89 Å². The van der Waals surface area contributed by atoms with Crippen molar-refractivity contribution in [3.63, 3.8) is 0 Å². The quantitative estimate of drug-likeness (QED) is 0.258.